The fourth-order valence-electron chi connectivity index (χ4n) is 3.19. The topological polar surface area (TPSA) is 59.2 Å². The summed E-state index contributed by atoms with van der Waals surface area (Å²) in [5.41, 5.74) is -0.0710. The summed E-state index contributed by atoms with van der Waals surface area (Å²) in [7, 11) is 0. The van der Waals surface area contributed by atoms with Crippen molar-refractivity contribution in [2.45, 2.75) is 25.2 Å². The molecule has 0 saturated heterocycles. The van der Waals surface area contributed by atoms with Gasteiger partial charge in [0.25, 0.3) is 5.56 Å². The number of benzene rings is 2. The second-order valence-corrected chi connectivity index (χ2v) is 6.78. The first-order valence-electron chi connectivity index (χ1n) is 8.68. The standard InChI is InChI=1S/C20H12F5NO3/c21-13-14(22)16(24)18(17(25)15(13)23)29-20(28)11-6-10-5-4-9(8-2-1-3-8)7-12(10)26-19(11)27/h4-8H,1-3H2,(H,26,27). The van der Waals surface area contributed by atoms with Gasteiger partial charge in [-0.15, -0.1) is 0 Å². The molecule has 1 N–H and O–H groups in total. The highest BCUT2D eigenvalue weighted by Gasteiger charge is 2.29. The number of esters is 1. The molecule has 0 amide bonds. The Morgan fingerprint density at radius 3 is 2.14 bits per heavy atom. The first kappa shape index (κ1) is 19.1. The molecule has 3 aromatic rings. The van der Waals surface area contributed by atoms with Crippen LogP contribution in [-0.2, 0) is 0 Å². The summed E-state index contributed by atoms with van der Waals surface area (Å²) in [6, 6.07) is 6.41. The molecule has 0 radical (unpaired) electrons. The zero-order chi connectivity index (χ0) is 20.9. The van der Waals surface area contributed by atoms with Crippen molar-refractivity contribution in [3.8, 4) is 5.75 Å². The maximum absolute atomic E-state index is 13.7. The molecular formula is C20H12F5NO3. The Kier molecular flexibility index (Phi) is 4.60. The van der Waals surface area contributed by atoms with E-state index in [2.05, 4.69) is 9.72 Å². The van der Waals surface area contributed by atoms with Crippen molar-refractivity contribution in [1.29, 1.82) is 0 Å². The minimum atomic E-state index is -2.38. The van der Waals surface area contributed by atoms with Crippen molar-refractivity contribution in [3.05, 3.63) is 74.8 Å². The van der Waals surface area contributed by atoms with E-state index in [0.717, 1.165) is 30.9 Å². The maximum atomic E-state index is 13.7. The Balaban J connectivity index is 1.71. The van der Waals surface area contributed by atoms with Crippen LogP contribution in [-0.4, -0.2) is 11.0 Å². The molecule has 29 heavy (non-hydrogen) atoms. The van der Waals surface area contributed by atoms with Crippen molar-refractivity contribution in [2.75, 3.05) is 0 Å². The third kappa shape index (κ3) is 3.16. The Labute approximate surface area is 159 Å². The number of hydrogen-bond donors (Lipinski definition) is 1. The smallest absolute Gasteiger partial charge is 0.349 e. The van der Waals surface area contributed by atoms with Crippen LogP contribution in [0.4, 0.5) is 22.0 Å². The molecule has 1 aromatic heterocycles. The van der Waals surface area contributed by atoms with Crippen LogP contribution in [0.3, 0.4) is 0 Å². The Hall–Kier alpha value is -3.23. The van der Waals surface area contributed by atoms with Crippen LogP contribution >= 0.6 is 0 Å². The number of carbonyl (C=O) groups excluding carboxylic acids is 1. The SMILES string of the molecule is O=C(Oc1c(F)c(F)c(F)c(F)c1F)c1cc2ccc(C3CCC3)cc2[nH]c1=O. The van der Waals surface area contributed by atoms with Gasteiger partial charge in [0, 0.05) is 5.52 Å². The number of carbonyl (C=O) groups is 1. The maximum Gasteiger partial charge on any atom is 0.349 e. The fourth-order valence-corrected chi connectivity index (χ4v) is 3.19. The number of aromatic nitrogens is 1. The quantitative estimate of drug-likeness (QED) is 0.224. The number of hydrogen-bond acceptors (Lipinski definition) is 3. The number of halogens is 5. The van der Waals surface area contributed by atoms with Crippen molar-refractivity contribution in [1.82, 2.24) is 4.98 Å². The van der Waals surface area contributed by atoms with Gasteiger partial charge in [0.05, 0.1) is 0 Å². The number of H-pyrrole nitrogens is 1. The van der Waals surface area contributed by atoms with Gasteiger partial charge in [-0.3, -0.25) is 4.79 Å². The highest BCUT2D eigenvalue weighted by atomic mass is 19.2. The molecule has 150 valence electrons. The van der Waals surface area contributed by atoms with Gasteiger partial charge in [0.1, 0.15) is 5.56 Å². The third-order valence-corrected chi connectivity index (χ3v) is 5.03. The van der Waals surface area contributed by atoms with Gasteiger partial charge in [-0.1, -0.05) is 18.6 Å². The van der Waals surface area contributed by atoms with E-state index >= 15 is 0 Å². The second kappa shape index (κ2) is 6.98. The van der Waals surface area contributed by atoms with E-state index < -0.39 is 51.9 Å². The van der Waals surface area contributed by atoms with E-state index in [0.29, 0.717) is 16.8 Å². The van der Waals surface area contributed by atoms with Crippen LogP contribution < -0.4 is 10.3 Å². The van der Waals surface area contributed by atoms with Gasteiger partial charge in [-0.25, -0.2) is 18.0 Å². The number of ether oxygens (including phenoxy) is 1. The molecule has 1 saturated carbocycles. The van der Waals surface area contributed by atoms with E-state index in [-0.39, 0.29) is 0 Å². The largest absolute Gasteiger partial charge is 0.416 e. The minimum absolute atomic E-state index is 0.404. The zero-order valence-electron chi connectivity index (χ0n) is 14.6. The lowest BCUT2D eigenvalue weighted by Crippen LogP contribution is -2.23. The molecule has 0 aliphatic heterocycles. The monoisotopic (exact) mass is 409 g/mol. The van der Waals surface area contributed by atoms with Crippen molar-refractivity contribution in [3.63, 3.8) is 0 Å². The molecule has 4 nitrogen and oxygen atoms in total. The van der Waals surface area contributed by atoms with Gasteiger partial charge in [-0.05, 0) is 41.8 Å². The molecule has 1 fully saturated rings. The van der Waals surface area contributed by atoms with Gasteiger partial charge < -0.3 is 9.72 Å². The normalized spacial score (nSPS) is 14.1. The number of pyridine rings is 1. The summed E-state index contributed by atoms with van der Waals surface area (Å²) in [6.07, 6.45) is 3.21. The van der Waals surface area contributed by atoms with E-state index in [1.165, 1.54) is 0 Å². The van der Waals surface area contributed by atoms with E-state index in [1.54, 1.807) is 12.1 Å². The average molecular weight is 409 g/mol. The number of fused-ring (bicyclic) bond motifs is 1. The van der Waals surface area contributed by atoms with Crippen LogP contribution in [0.1, 0.15) is 41.1 Å². The van der Waals surface area contributed by atoms with Crippen LogP contribution in [0.2, 0.25) is 0 Å². The van der Waals surface area contributed by atoms with Crippen LogP contribution in [0.25, 0.3) is 10.9 Å². The predicted octanol–water partition coefficient (Wildman–Crippen LogP) is 4.71. The van der Waals surface area contributed by atoms with Crippen molar-refractivity contribution in [2.24, 2.45) is 0 Å². The molecule has 1 aliphatic carbocycles. The molecule has 1 heterocycles. The number of nitrogens with one attached hydrogen (secondary N) is 1. The zero-order valence-corrected chi connectivity index (χ0v) is 14.6. The Morgan fingerprint density at radius 1 is 0.931 bits per heavy atom. The molecule has 0 bridgehead atoms. The van der Waals surface area contributed by atoms with Gasteiger partial charge in [-0.2, -0.15) is 8.78 Å². The van der Waals surface area contributed by atoms with E-state index in [1.807, 2.05) is 6.07 Å². The molecule has 2 aromatic carbocycles. The minimum Gasteiger partial charge on any atom is -0.416 e. The third-order valence-electron chi connectivity index (χ3n) is 5.03. The van der Waals surface area contributed by atoms with Crippen LogP contribution in [0.5, 0.6) is 5.75 Å². The van der Waals surface area contributed by atoms with Gasteiger partial charge >= 0.3 is 5.97 Å². The summed E-state index contributed by atoms with van der Waals surface area (Å²) in [5.74, 6) is -14.4. The fraction of sp³-hybridized carbons (Fsp3) is 0.200. The molecule has 1 aliphatic rings. The van der Waals surface area contributed by atoms with Gasteiger partial charge in [0.2, 0.25) is 34.8 Å². The Morgan fingerprint density at radius 2 is 1.55 bits per heavy atom. The summed E-state index contributed by atoms with van der Waals surface area (Å²) < 4.78 is 71.4. The van der Waals surface area contributed by atoms with Gasteiger partial charge in [0.15, 0.2) is 0 Å². The first-order chi connectivity index (χ1) is 13.8. The molecular weight excluding hydrogens is 397 g/mol. The van der Waals surface area contributed by atoms with Crippen LogP contribution in [0.15, 0.2) is 29.1 Å². The average Bonchev–Trinajstić information content (AvgIpc) is 2.66. The summed E-state index contributed by atoms with van der Waals surface area (Å²) in [6.45, 7) is 0. The molecule has 9 heteroatoms. The number of aromatic amines is 1. The first-order valence-corrected chi connectivity index (χ1v) is 8.68. The summed E-state index contributed by atoms with van der Waals surface area (Å²) >= 11 is 0. The molecule has 0 unspecified atom stereocenters. The second-order valence-electron chi connectivity index (χ2n) is 6.78. The Bertz CT molecular complexity index is 1190. The summed E-state index contributed by atoms with van der Waals surface area (Å²) in [5, 5.41) is 0.442. The molecule has 0 spiro atoms. The highest BCUT2D eigenvalue weighted by molar-refractivity contribution is 5.94. The van der Waals surface area contributed by atoms with Crippen molar-refractivity contribution < 1.29 is 31.5 Å². The summed E-state index contributed by atoms with van der Waals surface area (Å²) in [4.78, 5) is 26.9. The van der Waals surface area contributed by atoms with Crippen LogP contribution in [0, 0.1) is 29.1 Å². The lowest BCUT2D eigenvalue weighted by Gasteiger charge is -2.25. The van der Waals surface area contributed by atoms with E-state index in [4.69, 9.17) is 0 Å². The highest BCUT2D eigenvalue weighted by Crippen LogP contribution is 2.37. The molecule has 4 rings (SSSR count). The molecule has 0 atom stereocenters. The predicted molar refractivity (Wildman–Crippen MR) is 92.4 cm³/mol. The lowest BCUT2D eigenvalue weighted by atomic mass is 9.80. The lowest BCUT2D eigenvalue weighted by molar-refractivity contribution is 0.0714. The number of rotatable bonds is 3. The van der Waals surface area contributed by atoms with E-state index in [9.17, 15) is 31.5 Å². The van der Waals surface area contributed by atoms with Crippen molar-refractivity contribution >= 4 is 16.9 Å².